The predicted molar refractivity (Wildman–Crippen MR) is 134 cm³/mol. The lowest BCUT2D eigenvalue weighted by Crippen LogP contribution is -2.50. The molecule has 2 aromatic rings. The number of aromatic nitrogens is 2. The largest absolute Gasteiger partial charge is 0.493 e. The number of anilines is 1. The van der Waals surface area contributed by atoms with Crippen LogP contribution in [0, 0.1) is 0 Å². The van der Waals surface area contributed by atoms with Crippen molar-refractivity contribution < 1.29 is 13.2 Å². The van der Waals surface area contributed by atoms with Crippen LogP contribution in [0.5, 0.6) is 5.75 Å². The molecule has 34 heavy (non-hydrogen) atoms. The number of piperazine rings is 1. The lowest BCUT2D eigenvalue weighted by atomic mass is 10.1. The first kappa shape index (κ1) is 24.7. The molecule has 0 atom stereocenters. The van der Waals surface area contributed by atoms with Crippen LogP contribution in [0.15, 0.2) is 28.1 Å². The highest BCUT2D eigenvalue weighted by Crippen LogP contribution is 2.31. The summed E-state index contributed by atoms with van der Waals surface area (Å²) in [6.07, 6.45) is 1.85. The van der Waals surface area contributed by atoms with Crippen molar-refractivity contribution in [2.75, 3.05) is 38.1 Å². The molecular formula is C24H36N6O3S. The van der Waals surface area contributed by atoms with E-state index in [-0.39, 0.29) is 4.90 Å². The maximum Gasteiger partial charge on any atom is 0.243 e. The molecule has 0 unspecified atom stereocenters. The Kier molecular flexibility index (Phi) is 7.30. The van der Waals surface area contributed by atoms with Gasteiger partial charge in [0.1, 0.15) is 11.6 Å². The number of sulfonamides is 1. The van der Waals surface area contributed by atoms with Gasteiger partial charge >= 0.3 is 0 Å². The first-order valence-electron chi connectivity index (χ1n) is 12.1. The molecule has 2 aliphatic heterocycles. The average molecular weight is 489 g/mol. The second kappa shape index (κ2) is 10.1. The lowest BCUT2D eigenvalue weighted by Gasteiger charge is -2.36. The number of rotatable bonds is 8. The number of nitrogens with zero attached hydrogens (tertiary/aromatic N) is 5. The molecule has 0 bridgehead atoms. The molecule has 1 fully saturated rings. The van der Waals surface area contributed by atoms with Gasteiger partial charge in [0.15, 0.2) is 0 Å². The Morgan fingerprint density at radius 1 is 1.15 bits per heavy atom. The topological polar surface area (TPSA) is 92.1 Å². The van der Waals surface area contributed by atoms with E-state index in [9.17, 15) is 8.42 Å². The SMILES string of the molecule is CCCc1nn(C)c2c1NC(c1cc(S(=O)(=O)N3CCN(C(C)C)CC3)ccc1OCC)=NC2. The van der Waals surface area contributed by atoms with Crippen molar-refractivity contribution in [3.63, 3.8) is 0 Å². The van der Waals surface area contributed by atoms with E-state index in [2.05, 4.69) is 36.1 Å². The molecule has 3 heterocycles. The maximum absolute atomic E-state index is 13.5. The summed E-state index contributed by atoms with van der Waals surface area (Å²) in [6, 6.07) is 5.49. The average Bonchev–Trinajstić information content (AvgIpc) is 3.14. The fraction of sp³-hybridized carbons (Fsp3) is 0.583. The quantitative estimate of drug-likeness (QED) is 0.614. The van der Waals surface area contributed by atoms with Gasteiger partial charge in [-0.2, -0.15) is 9.40 Å². The third-order valence-corrected chi connectivity index (χ3v) is 8.40. The van der Waals surface area contributed by atoms with Crippen molar-refractivity contribution in [3.05, 3.63) is 35.2 Å². The van der Waals surface area contributed by atoms with Gasteiger partial charge in [-0.15, -0.1) is 0 Å². The molecule has 1 aromatic heterocycles. The number of aliphatic imine (C=N–C) groups is 1. The van der Waals surface area contributed by atoms with Crippen LogP contribution in [-0.2, 0) is 30.0 Å². The molecule has 0 aliphatic carbocycles. The molecule has 9 nitrogen and oxygen atoms in total. The van der Waals surface area contributed by atoms with Crippen molar-refractivity contribution in [2.45, 2.75) is 58.0 Å². The smallest absolute Gasteiger partial charge is 0.243 e. The van der Waals surface area contributed by atoms with Crippen molar-refractivity contribution in [1.82, 2.24) is 19.0 Å². The van der Waals surface area contributed by atoms with Crippen molar-refractivity contribution in [1.29, 1.82) is 0 Å². The Morgan fingerprint density at radius 2 is 1.88 bits per heavy atom. The molecule has 186 valence electrons. The number of nitrogens with one attached hydrogen (secondary N) is 1. The van der Waals surface area contributed by atoms with E-state index in [1.807, 2.05) is 18.7 Å². The third kappa shape index (κ3) is 4.71. The van der Waals surface area contributed by atoms with Gasteiger partial charge in [-0.25, -0.2) is 8.42 Å². The summed E-state index contributed by atoms with van der Waals surface area (Å²) in [5, 5.41) is 8.08. The molecule has 1 saturated heterocycles. The van der Waals surface area contributed by atoms with Gasteiger partial charge < -0.3 is 10.1 Å². The number of hydrogen-bond donors (Lipinski definition) is 1. The van der Waals surface area contributed by atoms with Gasteiger partial charge in [-0.1, -0.05) is 13.3 Å². The summed E-state index contributed by atoms with van der Waals surface area (Å²) in [6.45, 7) is 11.7. The predicted octanol–water partition coefficient (Wildman–Crippen LogP) is 2.86. The van der Waals surface area contributed by atoms with Crippen LogP contribution in [0.3, 0.4) is 0 Å². The molecule has 0 radical (unpaired) electrons. The van der Waals surface area contributed by atoms with E-state index < -0.39 is 10.0 Å². The third-order valence-electron chi connectivity index (χ3n) is 6.50. The van der Waals surface area contributed by atoms with Gasteiger partial charge in [0, 0.05) is 39.3 Å². The second-order valence-electron chi connectivity index (χ2n) is 9.06. The highest BCUT2D eigenvalue weighted by atomic mass is 32.2. The van der Waals surface area contributed by atoms with Gasteiger partial charge in [0.2, 0.25) is 10.0 Å². The zero-order valence-corrected chi connectivity index (χ0v) is 21.7. The van der Waals surface area contributed by atoms with Crippen LogP contribution in [0.25, 0.3) is 0 Å². The minimum absolute atomic E-state index is 0.263. The fourth-order valence-electron chi connectivity index (χ4n) is 4.57. The standard InChI is InChI=1S/C24H36N6O3S/c1-6-8-20-23-21(28(5)27-20)16-25-24(26-23)19-15-18(9-10-22(19)33-7-2)34(31,32)30-13-11-29(12-14-30)17(3)4/h9-10,15,17H,6-8,11-14,16H2,1-5H3,(H,25,26). The zero-order chi connectivity index (χ0) is 24.5. The fourth-order valence-corrected chi connectivity index (χ4v) is 6.02. The highest BCUT2D eigenvalue weighted by molar-refractivity contribution is 7.89. The molecule has 10 heteroatoms. The summed E-state index contributed by atoms with van der Waals surface area (Å²) in [4.78, 5) is 7.30. The van der Waals surface area contributed by atoms with Crippen LogP contribution < -0.4 is 10.1 Å². The molecule has 1 aromatic carbocycles. The Bertz CT molecular complexity index is 1160. The van der Waals surface area contributed by atoms with Crippen LogP contribution in [0.4, 0.5) is 5.69 Å². The molecule has 0 saturated carbocycles. The van der Waals surface area contributed by atoms with E-state index in [1.165, 1.54) is 0 Å². The number of ether oxygens (including phenoxy) is 1. The maximum atomic E-state index is 13.5. The summed E-state index contributed by atoms with van der Waals surface area (Å²) in [5.74, 6) is 1.23. The molecule has 1 N–H and O–H groups in total. The molecule has 2 aliphatic rings. The molecule has 4 rings (SSSR count). The van der Waals surface area contributed by atoms with Crippen LogP contribution in [0.2, 0.25) is 0 Å². The number of aryl methyl sites for hydroxylation is 2. The van der Waals surface area contributed by atoms with Crippen LogP contribution in [0.1, 0.15) is 51.1 Å². The van der Waals surface area contributed by atoms with Crippen molar-refractivity contribution >= 4 is 21.5 Å². The normalized spacial score (nSPS) is 17.4. The Labute approximate surface area is 202 Å². The molecular weight excluding hydrogens is 452 g/mol. The van der Waals surface area contributed by atoms with E-state index in [0.717, 1.165) is 43.0 Å². The Hall–Kier alpha value is -2.43. The molecule has 0 spiro atoms. The minimum atomic E-state index is -3.63. The van der Waals surface area contributed by atoms with E-state index in [1.54, 1.807) is 22.5 Å². The summed E-state index contributed by atoms with van der Waals surface area (Å²) in [5.41, 5.74) is 3.64. The van der Waals surface area contributed by atoms with Gasteiger partial charge in [-0.05, 0) is 45.4 Å². The summed E-state index contributed by atoms with van der Waals surface area (Å²) in [7, 11) is -1.70. The Morgan fingerprint density at radius 3 is 2.53 bits per heavy atom. The molecule has 0 amide bonds. The monoisotopic (exact) mass is 488 g/mol. The zero-order valence-electron chi connectivity index (χ0n) is 20.8. The lowest BCUT2D eigenvalue weighted by molar-refractivity contribution is 0.154. The number of amidine groups is 1. The van der Waals surface area contributed by atoms with Crippen molar-refractivity contribution in [2.24, 2.45) is 12.0 Å². The highest BCUT2D eigenvalue weighted by Gasteiger charge is 2.31. The Balaban J connectivity index is 1.66. The van der Waals surface area contributed by atoms with Crippen LogP contribution >= 0.6 is 0 Å². The number of hydrogen-bond acceptors (Lipinski definition) is 7. The van der Waals surface area contributed by atoms with Gasteiger partial charge in [0.05, 0.1) is 40.7 Å². The van der Waals surface area contributed by atoms with E-state index in [4.69, 9.17) is 9.73 Å². The van der Waals surface area contributed by atoms with Gasteiger partial charge in [0.25, 0.3) is 0 Å². The van der Waals surface area contributed by atoms with E-state index >= 15 is 0 Å². The minimum Gasteiger partial charge on any atom is -0.493 e. The van der Waals surface area contributed by atoms with Crippen molar-refractivity contribution in [3.8, 4) is 5.75 Å². The van der Waals surface area contributed by atoms with Gasteiger partial charge in [-0.3, -0.25) is 14.6 Å². The summed E-state index contributed by atoms with van der Waals surface area (Å²) >= 11 is 0. The first-order valence-corrected chi connectivity index (χ1v) is 13.6. The summed E-state index contributed by atoms with van der Waals surface area (Å²) < 4.78 is 36.3. The first-order chi connectivity index (χ1) is 16.3. The van der Waals surface area contributed by atoms with Crippen LogP contribution in [-0.4, -0.2) is 72.1 Å². The van der Waals surface area contributed by atoms with E-state index in [0.29, 0.717) is 49.4 Å². The number of benzene rings is 1. The second-order valence-corrected chi connectivity index (χ2v) is 11.0. The number of fused-ring (bicyclic) bond motifs is 1.